The highest BCUT2D eigenvalue weighted by Gasteiger charge is 2.28. The van der Waals surface area contributed by atoms with Gasteiger partial charge in [-0.25, -0.2) is 0 Å². The van der Waals surface area contributed by atoms with Crippen molar-refractivity contribution in [2.75, 3.05) is 13.1 Å². The molecule has 0 radical (unpaired) electrons. The molecule has 2 nitrogen and oxygen atoms in total. The quantitative estimate of drug-likeness (QED) is 0.697. The van der Waals surface area contributed by atoms with E-state index in [0.29, 0.717) is 0 Å². The third kappa shape index (κ3) is 4.09. The summed E-state index contributed by atoms with van der Waals surface area (Å²) in [5.74, 6) is 0.269. The summed E-state index contributed by atoms with van der Waals surface area (Å²) in [6.45, 7) is 11.7. The molecule has 1 heterocycles. The lowest BCUT2D eigenvalue weighted by molar-refractivity contribution is -0.139. The number of hydrogen-bond donors (Lipinski definition) is 0. The van der Waals surface area contributed by atoms with E-state index < -0.39 is 0 Å². The molecule has 0 unspecified atom stereocenters. The summed E-state index contributed by atoms with van der Waals surface area (Å²) in [6, 6.07) is 8.53. The van der Waals surface area contributed by atoms with Crippen LogP contribution in [0.3, 0.4) is 0 Å². The third-order valence-electron chi connectivity index (χ3n) is 3.35. The summed E-state index contributed by atoms with van der Waals surface area (Å²) in [4.78, 5) is 14.3. The molecule has 106 valence electrons. The summed E-state index contributed by atoms with van der Waals surface area (Å²) < 4.78 is 0. The van der Waals surface area contributed by atoms with Crippen LogP contribution in [0.1, 0.15) is 45.7 Å². The van der Waals surface area contributed by atoms with Crippen LogP contribution in [-0.2, 0) is 17.6 Å². The summed E-state index contributed by atoms with van der Waals surface area (Å²) >= 11 is 0. The Labute approximate surface area is 117 Å². The Kier molecular flexibility index (Phi) is 5.59. The minimum Gasteiger partial charge on any atom is -0.342 e. The molecule has 2 heteroatoms. The molecule has 0 saturated heterocycles. The Hall–Kier alpha value is -1.31. The van der Waals surface area contributed by atoms with Gasteiger partial charge in [0.2, 0.25) is 5.91 Å². The first kappa shape index (κ1) is 15.7. The molecule has 1 aliphatic rings. The minimum atomic E-state index is -0.267. The lowest BCUT2D eigenvalue weighted by Crippen LogP contribution is -2.40. The predicted molar refractivity (Wildman–Crippen MR) is 81.2 cm³/mol. The van der Waals surface area contributed by atoms with Crippen molar-refractivity contribution >= 4 is 5.91 Å². The second-order valence-electron chi connectivity index (χ2n) is 5.81. The van der Waals surface area contributed by atoms with Gasteiger partial charge in [0, 0.05) is 18.5 Å². The van der Waals surface area contributed by atoms with Gasteiger partial charge in [0.05, 0.1) is 0 Å². The number of amides is 1. The van der Waals surface area contributed by atoms with Crippen LogP contribution in [0, 0.1) is 5.41 Å². The van der Waals surface area contributed by atoms with Crippen LogP contribution in [-0.4, -0.2) is 23.9 Å². The SMILES string of the molecule is CC.CC(C)(C)C(=O)N1CCc2ccccc2CC1. The first-order chi connectivity index (χ1) is 8.98. The average molecular weight is 261 g/mol. The molecular formula is C17H27NO. The summed E-state index contributed by atoms with van der Waals surface area (Å²) in [5.41, 5.74) is 2.53. The normalized spacial score (nSPS) is 14.9. The highest BCUT2D eigenvalue weighted by molar-refractivity contribution is 5.81. The average Bonchev–Trinajstić information content (AvgIpc) is 2.61. The van der Waals surface area contributed by atoms with Crippen LogP contribution in [0.4, 0.5) is 0 Å². The Balaban J connectivity index is 0.000000861. The summed E-state index contributed by atoms with van der Waals surface area (Å²) in [7, 11) is 0. The van der Waals surface area contributed by atoms with Gasteiger partial charge in [-0.2, -0.15) is 0 Å². The van der Waals surface area contributed by atoms with E-state index in [1.807, 2.05) is 39.5 Å². The first-order valence-electron chi connectivity index (χ1n) is 7.34. The minimum absolute atomic E-state index is 0.267. The molecule has 0 fully saturated rings. The Morgan fingerprint density at radius 1 is 1.00 bits per heavy atom. The monoisotopic (exact) mass is 261 g/mol. The molecule has 2 rings (SSSR count). The molecular weight excluding hydrogens is 234 g/mol. The molecule has 0 saturated carbocycles. The number of benzene rings is 1. The zero-order valence-electron chi connectivity index (χ0n) is 13.0. The van der Waals surface area contributed by atoms with Crippen LogP contribution in [0.2, 0.25) is 0 Å². The smallest absolute Gasteiger partial charge is 0.227 e. The lowest BCUT2D eigenvalue weighted by Gasteiger charge is -2.28. The van der Waals surface area contributed by atoms with Crippen molar-refractivity contribution in [1.82, 2.24) is 4.90 Å². The van der Waals surface area contributed by atoms with E-state index in [0.717, 1.165) is 25.9 Å². The zero-order chi connectivity index (χ0) is 14.5. The number of rotatable bonds is 0. The van der Waals surface area contributed by atoms with E-state index in [1.54, 1.807) is 0 Å². The summed E-state index contributed by atoms with van der Waals surface area (Å²) in [5, 5.41) is 0. The Morgan fingerprint density at radius 2 is 1.42 bits per heavy atom. The molecule has 1 aliphatic heterocycles. The van der Waals surface area contributed by atoms with Crippen LogP contribution >= 0.6 is 0 Å². The van der Waals surface area contributed by atoms with Crippen molar-refractivity contribution in [3.8, 4) is 0 Å². The van der Waals surface area contributed by atoms with Gasteiger partial charge in [0.1, 0.15) is 0 Å². The Bertz CT molecular complexity index is 391. The van der Waals surface area contributed by atoms with Crippen molar-refractivity contribution in [2.45, 2.75) is 47.5 Å². The van der Waals surface area contributed by atoms with E-state index >= 15 is 0 Å². The molecule has 1 aromatic carbocycles. The van der Waals surface area contributed by atoms with Crippen LogP contribution in [0.5, 0.6) is 0 Å². The highest BCUT2D eigenvalue weighted by Crippen LogP contribution is 2.21. The highest BCUT2D eigenvalue weighted by atomic mass is 16.2. The van der Waals surface area contributed by atoms with Crippen molar-refractivity contribution in [2.24, 2.45) is 5.41 Å². The van der Waals surface area contributed by atoms with Gasteiger partial charge in [-0.05, 0) is 24.0 Å². The zero-order valence-corrected chi connectivity index (χ0v) is 13.0. The lowest BCUT2D eigenvalue weighted by atomic mass is 9.94. The van der Waals surface area contributed by atoms with Crippen molar-refractivity contribution in [3.63, 3.8) is 0 Å². The number of hydrogen-bond acceptors (Lipinski definition) is 1. The molecule has 1 amide bonds. The third-order valence-corrected chi connectivity index (χ3v) is 3.35. The second-order valence-corrected chi connectivity index (χ2v) is 5.81. The van der Waals surface area contributed by atoms with Gasteiger partial charge in [0.25, 0.3) is 0 Å². The fraction of sp³-hybridized carbons (Fsp3) is 0.588. The van der Waals surface area contributed by atoms with Crippen molar-refractivity contribution in [3.05, 3.63) is 35.4 Å². The van der Waals surface area contributed by atoms with Gasteiger partial charge >= 0.3 is 0 Å². The first-order valence-corrected chi connectivity index (χ1v) is 7.34. The molecule has 0 atom stereocenters. The van der Waals surface area contributed by atoms with E-state index in [-0.39, 0.29) is 11.3 Å². The van der Waals surface area contributed by atoms with Gasteiger partial charge in [-0.15, -0.1) is 0 Å². The van der Waals surface area contributed by atoms with Crippen LogP contribution in [0.15, 0.2) is 24.3 Å². The predicted octanol–water partition coefficient (Wildman–Crippen LogP) is 3.69. The molecule has 19 heavy (non-hydrogen) atoms. The van der Waals surface area contributed by atoms with Crippen LogP contribution < -0.4 is 0 Å². The Morgan fingerprint density at radius 3 is 1.79 bits per heavy atom. The number of fused-ring (bicyclic) bond motifs is 1. The van der Waals surface area contributed by atoms with Gasteiger partial charge in [0.15, 0.2) is 0 Å². The molecule has 0 aliphatic carbocycles. The maximum Gasteiger partial charge on any atom is 0.227 e. The molecule has 0 N–H and O–H groups in total. The van der Waals surface area contributed by atoms with Crippen LogP contribution in [0.25, 0.3) is 0 Å². The van der Waals surface area contributed by atoms with Gasteiger partial charge in [-0.3, -0.25) is 4.79 Å². The molecule has 0 spiro atoms. The maximum atomic E-state index is 12.2. The van der Waals surface area contributed by atoms with E-state index in [4.69, 9.17) is 0 Å². The van der Waals surface area contributed by atoms with Crippen molar-refractivity contribution < 1.29 is 4.79 Å². The molecule has 1 aromatic rings. The topological polar surface area (TPSA) is 20.3 Å². The maximum absolute atomic E-state index is 12.2. The fourth-order valence-corrected chi connectivity index (χ4v) is 2.35. The van der Waals surface area contributed by atoms with E-state index in [1.165, 1.54) is 11.1 Å². The second kappa shape index (κ2) is 6.74. The van der Waals surface area contributed by atoms with Crippen molar-refractivity contribution in [1.29, 1.82) is 0 Å². The fourth-order valence-electron chi connectivity index (χ4n) is 2.35. The van der Waals surface area contributed by atoms with Gasteiger partial charge < -0.3 is 4.90 Å². The molecule has 0 aromatic heterocycles. The number of nitrogens with zero attached hydrogens (tertiary/aromatic N) is 1. The van der Waals surface area contributed by atoms with E-state index in [2.05, 4.69) is 24.3 Å². The van der Waals surface area contributed by atoms with Gasteiger partial charge in [-0.1, -0.05) is 58.9 Å². The molecule has 0 bridgehead atoms. The standard InChI is InChI=1S/C15H21NO.C2H6/c1-15(2,3)14(17)16-10-8-12-6-4-5-7-13(12)9-11-16;1-2/h4-7H,8-11H2,1-3H3;1-2H3. The largest absolute Gasteiger partial charge is 0.342 e. The number of carbonyl (C=O) groups excluding carboxylic acids is 1. The number of carbonyl (C=O) groups is 1. The van der Waals surface area contributed by atoms with E-state index in [9.17, 15) is 4.79 Å². The summed E-state index contributed by atoms with van der Waals surface area (Å²) in [6.07, 6.45) is 1.97.